The van der Waals surface area contributed by atoms with Gasteiger partial charge < -0.3 is 25.5 Å². The highest BCUT2D eigenvalue weighted by molar-refractivity contribution is 5.76. The van der Waals surface area contributed by atoms with Crippen molar-refractivity contribution >= 4 is 34.7 Å². The molecule has 4 unspecified atom stereocenters. The summed E-state index contributed by atoms with van der Waals surface area (Å²) in [5.74, 6) is 3.21. The number of amides is 1. The standard InChI is InChI=1S/C31H41N9O2/c1-19-9-23-12-30(5,42)18-31(11-19,13-23)36-27-10-25(29-33-15-24(14-32)40(29)37-27)34-26-7-6-8-28(35-26)38-16-20(2)39(22(4)41)21(3)17-38/h6-8,10,15,19-21,23,42H,9,11-13,16-18H2,1-5H3,(H,34,35)(H,36,37)/t19?,20-,21+,23?,30?,31?. The van der Waals surface area contributed by atoms with E-state index in [1.165, 1.54) is 6.20 Å². The second-order valence-corrected chi connectivity index (χ2v) is 13.4. The number of nitriles is 1. The normalized spacial score (nSPS) is 31.1. The Labute approximate surface area is 246 Å². The maximum absolute atomic E-state index is 12.1. The quantitative estimate of drug-likeness (QED) is 0.409. The predicted octanol–water partition coefficient (Wildman–Crippen LogP) is 4.32. The first-order chi connectivity index (χ1) is 19.9. The Morgan fingerprint density at radius 1 is 1.14 bits per heavy atom. The van der Waals surface area contributed by atoms with Crippen molar-refractivity contribution in [1.29, 1.82) is 5.26 Å². The van der Waals surface area contributed by atoms with E-state index in [2.05, 4.69) is 47.4 Å². The number of carbonyl (C=O) groups excluding carboxylic acids is 1. The number of nitrogens with one attached hydrogen (secondary N) is 2. The molecular formula is C31H41N9O2. The van der Waals surface area contributed by atoms with Crippen molar-refractivity contribution in [3.63, 3.8) is 0 Å². The second-order valence-electron chi connectivity index (χ2n) is 13.4. The third-order valence-electron chi connectivity index (χ3n) is 9.18. The third kappa shape index (κ3) is 5.36. The van der Waals surface area contributed by atoms with Gasteiger partial charge in [0.15, 0.2) is 11.3 Å². The van der Waals surface area contributed by atoms with E-state index in [9.17, 15) is 15.2 Å². The number of pyridine rings is 1. The average molecular weight is 572 g/mol. The minimum atomic E-state index is -0.733. The molecule has 11 nitrogen and oxygen atoms in total. The van der Waals surface area contributed by atoms with Gasteiger partial charge >= 0.3 is 0 Å². The number of rotatable bonds is 5. The molecule has 1 aliphatic heterocycles. The number of hydrogen-bond donors (Lipinski definition) is 3. The molecule has 3 aromatic heterocycles. The minimum Gasteiger partial charge on any atom is -0.390 e. The molecule has 3 aliphatic rings. The Morgan fingerprint density at radius 2 is 1.90 bits per heavy atom. The van der Waals surface area contributed by atoms with Crippen LogP contribution in [-0.2, 0) is 4.79 Å². The molecule has 2 saturated carbocycles. The summed E-state index contributed by atoms with van der Waals surface area (Å²) >= 11 is 0. The van der Waals surface area contributed by atoms with Crippen LogP contribution in [0.15, 0.2) is 30.5 Å². The minimum absolute atomic E-state index is 0.0782. The van der Waals surface area contributed by atoms with Gasteiger partial charge in [-0.2, -0.15) is 9.78 Å². The van der Waals surface area contributed by atoms with Crippen LogP contribution >= 0.6 is 0 Å². The molecule has 2 bridgehead atoms. The molecule has 1 saturated heterocycles. The predicted molar refractivity (Wildman–Crippen MR) is 162 cm³/mol. The zero-order chi connectivity index (χ0) is 29.8. The van der Waals surface area contributed by atoms with Gasteiger partial charge in [0.1, 0.15) is 23.5 Å². The summed E-state index contributed by atoms with van der Waals surface area (Å²) in [6, 6.07) is 10.1. The summed E-state index contributed by atoms with van der Waals surface area (Å²) in [6.45, 7) is 11.4. The van der Waals surface area contributed by atoms with Crippen LogP contribution in [0.4, 0.5) is 23.1 Å². The van der Waals surface area contributed by atoms with Crippen LogP contribution < -0.4 is 15.5 Å². The smallest absolute Gasteiger partial charge is 0.220 e. The number of nitrogens with zero attached hydrogens (tertiary/aromatic N) is 7. The monoisotopic (exact) mass is 571 g/mol. The highest BCUT2D eigenvalue weighted by Gasteiger charge is 2.49. The molecule has 3 aromatic rings. The van der Waals surface area contributed by atoms with E-state index in [4.69, 9.17) is 10.1 Å². The highest BCUT2D eigenvalue weighted by atomic mass is 16.3. The summed E-state index contributed by atoms with van der Waals surface area (Å²) in [4.78, 5) is 25.7. The molecule has 0 radical (unpaired) electrons. The first-order valence-corrected chi connectivity index (χ1v) is 15.0. The van der Waals surface area contributed by atoms with Crippen molar-refractivity contribution in [2.45, 2.75) is 89.9 Å². The molecule has 222 valence electrons. The van der Waals surface area contributed by atoms with Gasteiger partial charge in [0.05, 0.1) is 17.5 Å². The number of anilines is 4. The maximum Gasteiger partial charge on any atom is 0.220 e. The molecule has 6 rings (SSSR count). The number of fused-ring (bicyclic) bond motifs is 3. The lowest BCUT2D eigenvalue weighted by atomic mass is 9.59. The molecule has 0 spiro atoms. The molecule has 11 heteroatoms. The number of hydrogen-bond acceptors (Lipinski definition) is 9. The van der Waals surface area contributed by atoms with Crippen molar-refractivity contribution in [1.82, 2.24) is 24.5 Å². The van der Waals surface area contributed by atoms with Crippen molar-refractivity contribution in [2.24, 2.45) is 11.8 Å². The van der Waals surface area contributed by atoms with Crippen LogP contribution in [-0.4, -0.2) is 71.8 Å². The number of aromatic nitrogens is 4. The summed E-state index contributed by atoms with van der Waals surface area (Å²) in [5, 5.41) is 32.9. The first kappa shape index (κ1) is 28.2. The van der Waals surface area contributed by atoms with Gasteiger partial charge in [0.25, 0.3) is 0 Å². The van der Waals surface area contributed by atoms with Gasteiger partial charge in [-0.1, -0.05) is 13.0 Å². The van der Waals surface area contributed by atoms with Crippen molar-refractivity contribution in [3.05, 3.63) is 36.2 Å². The van der Waals surface area contributed by atoms with Crippen LogP contribution in [0.3, 0.4) is 0 Å². The molecule has 2 aliphatic carbocycles. The van der Waals surface area contributed by atoms with Gasteiger partial charge in [-0.25, -0.2) is 9.97 Å². The Bertz CT molecular complexity index is 1530. The molecular weight excluding hydrogens is 530 g/mol. The van der Waals surface area contributed by atoms with E-state index in [0.29, 0.717) is 60.0 Å². The number of aliphatic hydroxyl groups is 1. The largest absolute Gasteiger partial charge is 0.390 e. The lowest BCUT2D eigenvalue weighted by Gasteiger charge is -2.53. The van der Waals surface area contributed by atoms with E-state index >= 15 is 0 Å². The van der Waals surface area contributed by atoms with E-state index in [1.807, 2.05) is 36.1 Å². The fourth-order valence-corrected chi connectivity index (χ4v) is 8.31. The molecule has 3 N–H and O–H groups in total. The molecule has 4 heterocycles. The first-order valence-electron chi connectivity index (χ1n) is 15.0. The molecule has 42 heavy (non-hydrogen) atoms. The maximum atomic E-state index is 12.1. The summed E-state index contributed by atoms with van der Waals surface area (Å²) in [5.41, 5.74) is 0.547. The van der Waals surface area contributed by atoms with E-state index in [1.54, 1.807) is 11.4 Å². The summed E-state index contributed by atoms with van der Waals surface area (Å²) < 4.78 is 1.57. The topological polar surface area (TPSA) is 135 Å². The van der Waals surface area contributed by atoms with Gasteiger partial charge in [0, 0.05) is 43.7 Å². The van der Waals surface area contributed by atoms with E-state index < -0.39 is 5.60 Å². The van der Waals surface area contributed by atoms with Gasteiger partial charge in [-0.3, -0.25) is 4.79 Å². The average Bonchev–Trinajstić information content (AvgIpc) is 3.29. The Balaban J connectivity index is 1.31. The van der Waals surface area contributed by atoms with Crippen LogP contribution in [0.1, 0.15) is 72.4 Å². The Kier molecular flexibility index (Phi) is 7.00. The van der Waals surface area contributed by atoms with Crippen LogP contribution in [0.2, 0.25) is 0 Å². The van der Waals surface area contributed by atoms with Gasteiger partial charge in [-0.15, -0.1) is 5.10 Å². The number of piperazine rings is 1. The zero-order valence-corrected chi connectivity index (χ0v) is 25.1. The summed E-state index contributed by atoms with van der Waals surface area (Å²) in [6.07, 6.45) is 6.07. The highest BCUT2D eigenvalue weighted by Crippen LogP contribution is 2.50. The van der Waals surface area contributed by atoms with Crippen LogP contribution in [0, 0.1) is 23.2 Å². The Morgan fingerprint density at radius 3 is 2.62 bits per heavy atom. The molecule has 3 fully saturated rings. The fraction of sp³-hybridized carbons (Fsp3) is 0.581. The zero-order valence-electron chi connectivity index (χ0n) is 25.1. The SMILES string of the molecule is CC(=O)N1[C@H](C)CN(c2cccc(Nc3cc(NC45CC(C)CC(CC(C)(O)C4)C5)nn4c(C#N)cnc34)n2)C[C@@H]1C. The molecule has 1 amide bonds. The van der Waals surface area contributed by atoms with E-state index in [0.717, 1.165) is 31.5 Å². The van der Waals surface area contributed by atoms with Crippen molar-refractivity contribution in [2.75, 3.05) is 28.6 Å². The number of carbonyl (C=O) groups is 1. The fourth-order valence-electron chi connectivity index (χ4n) is 8.31. The lowest BCUT2D eigenvalue weighted by Crippen LogP contribution is -2.58. The van der Waals surface area contributed by atoms with E-state index in [-0.39, 0.29) is 23.5 Å². The van der Waals surface area contributed by atoms with Crippen LogP contribution in [0.25, 0.3) is 5.65 Å². The van der Waals surface area contributed by atoms with Gasteiger partial charge in [-0.05, 0) is 76.8 Å². The van der Waals surface area contributed by atoms with Gasteiger partial charge in [0.2, 0.25) is 5.91 Å². The molecule has 0 aromatic carbocycles. The van der Waals surface area contributed by atoms with Crippen molar-refractivity contribution in [3.8, 4) is 6.07 Å². The lowest BCUT2D eigenvalue weighted by molar-refractivity contribution is -0.133. The third-order valence-corrected chi connectivity index (χ3v) is 9.18. The Hall–Kier alpha value is -3.91. The number of imidazole rings is 1. The van der Waals surface area contributed by atoms with Crippen LogP contribution in [0.5, 0.6) is 0 Å². The van der Waals surface area contributed by atoms with Crippen molar-refractivity contribution < 1.29 is 9.90 Å². The second kappa shape index (κ2) is 10.4. The molecule has 6 atom stereocenters. The summed E-state index contributed by atoms with van der Waals surface area (Å²) in [7, 11) is 0.